The van der Waals surface area contributed by atoms with Crippen molar-refractivity contribution in [1.82, 2.24) is 10.3 Å². The topological polar surface area (TPSA) is 127 Å². The minimum Gasteiger partial charge on any atom is -0.490 e. The minimum absolute atomic E-state index is 0.0394. The summed E-state index contributed by atoms with van der Waals surface area (Å²) in [4.78, 5) is 40.2. The molecule has 0 saturated heterocycles. The van der Waals surface area contributed by atoms with Crippen molar-refractivity contribution in [2.45, 2.75) is 44.2 Å². The van der Waals surface area contributed by atoms with E-state index in [1.165, 1.54) is 12.3 Å². The minimum atomic E-state index is -1.10. The van der Waals surface area contributed by atoms with Gasteiger partial charge in [0, 0.05) is 17.8 Å². The Morgan fingerprint density at radius 1 is 0.860 bits per heavy atom. The molecule has 4 aromatic rings. The van der Waals surface area contributed by atoms with Crippen molar-refractivity contribution in [3.8, 4) is 17.2 Å². The van der Waals surface area contributed by atoms with E-state index in [0.29, 0.717) is 22.2 Å². The molecule has 43 heavy (non-hydrogen) atoms. The van der Waals surface area contributed by atoms with E-state index >= 15 is 0 Å². The summed E-state index contributed by atoms with van der Waals surface area (Å²) in [5, 5.41) is 15.3. The molecule has 2 amide bonds. The second kappa shape index (κ2) is 13.8. The molecule has 1 aliphatic carbocycles. The smallest absolute Gasteiger partial charge is 0.337 e. The molecule has 9 nitrogen and oxygen atoms in total. The quantitative estimate of drug-likeness (QED) is 0.177. The Morgan fingerprint density at radius 2 is 1.51 bits per heavy atom. The molecule has 3 aromatic carbocycles. The van der Waals surface area contributed by atoms with Crippen LogP contribution in [0.2, 0.25) is 5.15 Å². The van der Waals surface area contributed by atoms with E-state index in [2.05, 4.69) is 15.6 Å². The van der Waals surface area contributed by atoms with Crippen molar-refractivity contribution in [3.05, 3.63) is 113 Å². The predicted octanol–water partition coefficient (Wildman–Crippen LogP) is 6.53. The second-order valence-electron chi connectivity index (χ2n) is 10.2. The van der Waals surface area contributed by atoms with Crippen LogP contribution in [0, 0.1) is 0 Å². The number of carboxylic acid groups (broad SMARTS) is 1. The number of para-hydroxylation sites is 1. The number of nitrogens with one attached hydrogen (secondary N) is 2. The molecule has 1 heterocycles. The van der Waals surface area contributed by atoms with Gasteiger partial charge in [-0.05, 0) is 91.9 Å². The SMILES string of the molecule is O=C(Cc1ccc(Oc2ccc(OC3CCC(NC(=O)c4ccnc(Cl)c4)CC3)cc2)cc1)Nc1ccccc1C(=O)O. The molecule has 0 radical (unpaired) electrons. The van der Waals surface area contributed by atoms with Crippen LogP contribution in [0.25, 0.3) is 0 Å². The number of ether oxygens (including phenoxy) is 2. The van der Waals surface area contributed by atoms with Crippen LogP contribution in [0.4, 0.5) is 5.69 Å². The van der Waals surface area contributed by atoms with Crippen LogP contribution >= 0.6 is 11.6 Å². The third kappa shape index (κ3) is 8.33. The van der Waals surface area contributed by atoms with E-state index in [4.69, 9.17) is 21.1 Å². The molecule has 1 saturated carbocycles. The lowest BCUT2D eigenvalue weighted by molar-refractivity contribution is -0.115. The van der Waals surface area contributed by atoms with E-state index in [9.17, 15) is 19.5 Å². The Hall–Kier alpha value is -4.89. The van der Waals surface area contributed by atoms with Crippen molar-refractivity contribution in [1.29, 1.82) is 0 Å². The number of amides is 2. The maximum Gasteiger partial charge on any atom is 0.337 e. The van der Waals surface area contributed by atoms with Crippen LogP contribution in [-0.4, -0.2) is 40.0 Å². The molecule has 0 spiro atoms. The standard InChI is InChI=1S/C33H30ClN3O6/c34-30-20-22(17-18-35-30)32(39)36-23-7-11-25(12-8-23)43-27-15-13-26(14-16-27)42-24-9-5-21(6-10-24)19-31(38)37-29-4-2-1-3-28(29)33(40)41/h1-6,9-10,13-18,20,23,25H,7-8,11-12,19H2,(H,36,39)(H,37,38)(H,40,41). The van der Waals surface area contributed by atoms with Gasteiger partial charge in [0.1, 0.15) is 22.4 Å². The highest BCUT2D eigenvalue weighted by Crippen LogP contribution is 2.28. The normalized spacial score (nSPS) is 16.1. The Labute approximate surface area is 253 Å². The molecule has 0 atom stereocenters. The van der Waals surface area contributed by atoms with Crippen molar-refractivity contribution in [2.75, 3.05) is 5.32 Å². The lowest BCUT2D eigenvalue weighted by atomic mass is 9.92. The predicted molar refractivity (Wildman–Crippen MR) is 162 cm³/mol. The van der Waals surface area contributed by atoms with Gasteiger partial charge in [0.15, 0.2) is 0 Å². The zero-order chi connectivity index (χ0) is 30.2. The maximum atomic E-state index is 12.5. The van der Waals surface area contributed by atoms with Gasteiger partial charge in [-0.25, -0.2) is 9.78 Å². The van der Waals surface area contributed by atoms with Gasteiger partial charge in [-0.1, -0.05) is 35.9 Å². The van der Waals surface area contributed by atoms with Crippen LogP contribution in [0.1, 0.15) is 52.0 Å². The number of carbonyl (C=O) groups excluding carboxylic acids is 2. The third-order valence-corrected chi connectivity index (χ3v) is 7.29. The van der Waals surface area contributed by atoms with Crippen molar-refractivity contribution in [3.63, 3.8) is 0 Å². The molecule has 0 unspecified atom stereocenters. The number of carboxylic acids is 1. The molecule has 220 valence electrons. The monoisotopic (exact) mass is 599 g/mol. The number of hydrogen-bond donors (Lipinski definition) is 3. The summed E-state index contributed by atoms with van der Waals surface area (Å²) in [7, 11) is 0. The number of aromatic nitrogens is 1. The van der Waals surface area contributed by atoms with E-state index in [1.807, 2.05) is 24.3 Å². The lowest BCUT2D eigenvalue weighted by Crippen LogP contribution is -2.39. The van der Waals surface area contributed by atoms with Gasteiger partial charge in [0.05, 0.1) is 23.8 Å². The average molecular weight is 600 g/mol. The molecule has 1 fully saturated rings. The number of carbonyl (C=O) groups is 3. The number of anilines is 1. The van der Waals surface area contributed by atoms with Gasteiger partial charge in [0.25, 0.3) is 5.91 Å². The molecule has 1 aliphatic rings. The van der Waals surface area contributed by atoms with Crippen LogP contribution in [0.5, 0.6) is 17.2 Å². The van der Waals surface area contributed by atoms with Gasteiger partial charge in [-0.15, -0.1) is 0 Å². The summed E-state index contributed by atoms with van der Waals surface area (Å²) < 4.78 is 12.1. The fourth-order valence-electron chi connectivity index (χ4n) is 4.89. The number of halogens is 1. The van der Waals surface area contributed by atoms with Crippen molar-refractivity contribution in [2.24, 2.45) is 0 Å². The number of rotatable bonds is 10. The first-order valence-electron chi connectivity index (χ1n) is 13.9. The second-order valence-corrected chi connectivity index (χ2v) is 10.6. The van der Waals surface area contributed by atoms with Gasteiger partial charge < -0.3 is 25.2 Å². The summed E-state index contributed by atoms with van der Waals surface area (Å²) >= 11 is 5.89. The highest BCUT2D eigenvalue weighted by Gasteiger charge is 2.24. The summed E-state index contributed by atoms with van der Waals surface area (Å²) in [6.07, 6.45) is 4.98. The van der Waals surface area contributed by atoms with E-state index in [1.54, 1.807) is 54.6 Å². The first-order chi connectivity index (χ1) is 20.8. The van der Waals surface area contributed by atoms with E-state index in [-0.39, 0.29) is 41.6 Å². The van der Waals surface area contributed by atoms with Crippen molar-refractivity contribution < 1.29 is 29.0 Å². The number of hydrogen-bond acceptors (Lipinski definition) is 6. The number of aromatic carboxylic acids is 1. The fraction of sp³-hybridized carbons (Fsp3) is 0.212. The number of nitrogens with zero attached hydrogens (tertiary/aromatic N) is 1. The summed E-state index contributed by atoms with van der Waals surface area (Å²) in [6.45, 7) is 0. The van der Waals surface area contributed by atoms with Crippen molar-refractivity contribution >= 4 is 35.1 Å². The first kappa shape index (κ1) is 29.6. The molecule has 1 aromatic heterocycles. The summed E-state index contributed by atoms with van der Waals surface area (Å²) in [6, 6.07) is 24.1. The summed E-state index contributed by atoms with van der Waals surface area (Å²) in [5.74, 6) is 0.442. The van der Waals surface area contributed by atoms with Gasteiger partial charge >= 0.3 is 5.97 Å². The molecular weight excluding hydrogens is 570 g/mol. The average Bonchev–Trinajstić information content (AvgIpc) is 3.00. The molecule has 3 N–H and O–H groups in total. The largest absolute Gasteiger partial charge is 0.490 e. The van der Waals surface area contributed by atoms with E-state index < -0.39 is 5.97 Å². The van der Waals surface area contributed by atoms with Gasteiger partial charge in [-0.3, -0.25) is 9.59 Å². The van der Waals surface area contributed by atoms with Crippen LogP contribution in [0.3, 0.4) is 0 Å². The van der Waals surface area contributed by atoms with E-state index in [0.717, 1.165) is 37.0 Å². The zero-order valence-electron chi connectivity index (χ0n) is 23.2. The number of benzene rings is 3. The summed E-state index contributed by atoms with van der Waals surface area (Å²) in [5.41, 5.74) is 1.56. The molecular formula is C33H30ClN3O6. The van der Waals surface area contributed by atoms with Gasteiger partial charge in [-0.2, -0.15) is 0 Å². The first-order valence-corrected chi connectivity index (χ1v) is 14.3. The Balaban J connectivity index is 1.06. The maximum absolute atomic E-state index is 12.5. The molecule has 10 heteroatoms. The Kier molecular flexibility index (Phi) is 9.53. The zero-order valence-corrected chi connectivity index (χ0v) is 23.9. The molecule has 0 aliphatic heterocycles. The molecule has 5 rings (SSSR count). The van der Waals surface area contributed by atoms with Crippen LogP contribution < -0.4 is 20.1 Å². The third-order valence-electron chi connectivity index (χ3n) is 7.08. The highest BCUT2D eigenvalue weighted by atomic mass is 35.5. The Bertz CT molecular complexity index is 1590. The fourth-order valence-corrected chi connectivity index (χ4v) is 5.06. The van der Waals surface area contributed by atoms with Crippen LogP contribution in [0.15, 0.2) is 91.1 Å². The lowest BCUT2D eigenvalue weighted by Gasteiger charge is -2.29. The molecule has 0 bridgehead atoms. The van der Waals surface area contributed by atoms with Gasteiger partial charge in [0.2, 0.25) is 5.91 Å². The Morgan fingerprint density at radius 3 is 2.19 bits per heavy atom. The number of pyridine rings is 1. The van der Waals surface area contributed by atoms with Crippen LogP contribution in [-0.2, 0) is 11.2 Å². The highest BCUT2D eigenvalue weighted by molar-refractivity contribution is 6.29.